The smallest absolute Gasteiger partial charge is 0.0597 e. The van der Waals surface area contributed by atoms with Gasteiger partial charge in [0.15, 0.2) is 0 Å². The number of hydrogen-bond donors (Lipinski definition) is 1. The van der Waals surface area contributed by atoms with Gasteiger partial charge in [0, 0.05) is 19.6 Å². The highest BCUT2D eigenvalue weighted by Gasteiger charge is 2.29. The molecule has 1 saturated carbocycles. The van der Waals surface area contributed by atoms with E-state index in [-0.39, 0.29) is 0 Å². The van der Waals surface area contributed by atoms with Gasteiger partial charge in [-0.1, -0.05) is 13.8 Å². The van der Waals surface area contributed by atoms with Crippen LogP contribution in [0.15, 0.2) is 6.07 Å². The largest absolute Gasteiger partial charge is 0.308 e. The molecule has 0 aromatic carbocycles. The van der Waals surface area contributed by atoms with Crippen LogP contribution in [-0.2, 0) is 13.6 Å². The Balaban J connectivity index is 1.90. The predicted molar refractivity (Wildman–Crippen MR) is 66.1 cm³/mol. The first-order valence-electron chi connectivity index (χ1n) is 6.31. The summed E-state index contributed by atoms with van der Waals surface area (Å²) in [4.78, 5) is 0. The van der Waals surface area contributed by atoms with E-state index >= 15 is 0 Å². The Labute approximate surface area is 98.2 Å². The minimum Gasteiger partial charge on any atom is -0.308 e. The van der Waals surface area contributed by atoms with E-state index in [9.17, 15) is 0 Å². The maximum atomic E-state index is 4.37. The van der Waals surface area contributed by atoms with Crippen LogP contribution in [0.5, 0.6) is 0 Å². The summed E-state index contributed by atoms with van der Waals surface area (Å²) >= 11 is 0. The first kappa shape index (κ1) is 11.6. The summed E-state index contributed by atoms with van der Waals surface area (Å²) < 4.78 is 1.98. The van der Waals surface area contributed by atoms with Gasteiger partial charge in [-0.05, 0) is 37.7 Å². The monoisotopic (exact) mass is 221 g/mol. The van der Waals surface area contributed by atoms with Crippen molar-refractivity contribution in [1.82, 2.24) is 15.1 Å². The molecule has 0 saturated heterocycles. The molecule has 1 aromatic heterocycles. The molecule has 2 rings (SSSR count). The summed E-state index contributed by atoms with van der Waals surface area (Å²) in [5.41, 5.74) is 2.39. The van der Waals surface area contributed by atoms with Gasteiger partial charge in [-0.2, -0.15) is 5.10 Å². The Kier molecular flexibility index (Phi) is 3.33. The van der Waals surface area contributed by atoms with Crippen LogP contribution in [0.4, 0.5) is 0 Å². The van der Waals surface area contributed by atoms with Crippen LogP contribution < -0.4 is 5.32 Å². The first-order chi connectivity index (χ1) is 7.58. The van der Waals surface area contributed by atoms with Gasteiger partial charge in [0.2, 0.25) is 0 Å². The summed E-state index contributed by atoms with van der Waals surface area (Å²) in [6.07, 6.45) is 2.68. The van der Waals surface area contributed by atoms with E-state index in [0.29, 0.717) is 6.04 Å². The molecule has 3 nitrogen and oxygen atoms in total. The van der Waals surface area contributed by atoms with Crippen molar-refractivity contribution in [2.75, 3.05) is 0 Å². The third-order valence-electron chi connectivity index (χ3n) is 4.11. The third kappa shape index (κ3) is 2.29. The van der Waals surface area contributed by atoms with Gasteiger partial charge >= 0.3 is 0 Å². The van der Waals surface area contributed by atoms with Crippen molar-refractivity contribution in [3.63, 3.8) is 0 Å². The molecule has 1 heterocycles. The van der Waals surface area contributed by atoms with Crippen LogP contribution in [-0.4, -0.2) is 15.8 Å². The number of nitrogens with one attached hydrogen (secondary N) is 1. The van der Waals surface area contributed by atoms with E-state index in [1.807, 2.05) is 18.7 Å². The summed E-state index contributed by atoms with van der Waals surface area (Å²) in [6, 6.07) is 2.85. The topological polar surface area (TPSA) is 29.9 Å². The molecule has 16 heavy (non-hydrogen) atoms. The molecule has 3 heteroatoms. The van der Waals surface area contributed by atoms with E-state index in [1.54, 1.807) is 0 Å². The highest BCUT2D eigenvalue weighted by Crippen LogP contribution is 2.31. The zero-order chi connectivity index (χ0) is 11.7. The third-order valence-corrected chi connectivity index (χ3v) is 4.11. The zero-order valence-corrected chi connectivity index (χ0v) is 10.8. The molecule has 0 spiro atoms. The lowest BCUT2D eigenvalue weighted by Crippen LogP contribution is -2.32. The average molecular weight is 221 g/mol. The fourth-order valence-corrected chi connectivity index (χ4v) is 2.72. The first-order valence-corrected chi connectivity index (χ1v) is 6.31. The lowest BCUT2D eigenvalue weighted by molar-refractivity contribution is 0.366. The number of hydrogen-bond acceptors (Lipinski definition) is 2. The summed E-state index contributed by atoms with van der Waals surface area (Å²) in [5.74, 6) is 1.67. The lowest BCUT2D eigenvalue weighted by atomic mass is 9.98. The predicted octanol–water partition coefficient (Wildman–Crippen LogP) is 2.25. The second-order valence-corrected chi connectivity index (χ2v) is 5.30. The molecule has 0 radical (unpaired) electrons. The molecule has 3 atom stereocenters. The summed E-state index contributed by atoms with van der Waals surface area (Å²) in [5, 5.41) is 8.04. The Morgan fingerprint density at radius 1 is 1.44 bits per heavy atom. The van der Waals surface area contributed by atoms with E-state index < -0.39 is 0 Å². The van der Waals surface area contributed by atoms with Crippen molar-refractivity contribution in [2.24, 2.45) is 18.9 Å². The van der Waals surface area contributed by atoms with Gasteiger partial charge < -0.3 is 5.32 Å². The minimum absolute atomic E-state index is 0.685. The Morgan fingerprint density at radius 2 is 2.19 bits per heavy atom. The van der Waals surface area contributed by atoms with Crippen LogP contribution in [0.3, 0.4) is 0 Å². The maximum absolute atomic E-state index is 4.37. The molecule has 0 bridgehead atoms. The summed E-state index contributed by atoms with van der Waals surface area (Å²) in [6.45, 7) is 7.72. The van der Waals surface area contributed by atoms with Gasteiger partial charge in [0.25, 0.3) is 0 Å². The zero-order valence-electron chi connectivity index (χ0n) is 10.8. The molecule has 1 N–H and O–H groups in total. The molecule has 0 aliphatic heterocycles. The Hall–Kier alpha value is -0.830. The van der Waals surface area contributed by atoms with E-state index in [0.717, 1.165) is 24.1 Å². The number of aromatic nitrogens is 2. The normalized spacial score (nSPS) is 29.9. The van der Waals surface area contributed by atoms with Crippen molar-refractivity contribution >= 4 is 0 Å². The quantitative estimate of drug-likeness (QED) is 0.848. The van der Waals surface area contributed by atoms with Crippen LogP contribution in [0.25, 0.3) is 0 Å². The summed E-state index contributed by atoms with van der Waals surface area (Å²) in [7, 11) is 2.02. The Bertz CT molecular complexity index is 356. The van der Waals surface area contributed by atoms with Crippen LogP contribution in [0.1, 0.15) is 38.1 Å². The second-order valence-electron chi connectivity index (χ2n) is 5.30. The van der Waals surface area contributed by atoms with Gasteiger partial charge in [-0.15, -0.1) is 0 Å². The lowest BCUT2D eigenvalue weighted by Gasteiger charge is -2.19. The molecule has 90 valence electrons. The van der Waals surface area contributed by atoms with Gasteiger partial charge in [-0.25, -0.2) is 0 Å². The molecular formula is C13H23N3. The molecule has 3 unspecified atom stereocenters. The van der Waals surface area contributed by atoms with E-state index in [4.69, 9.17) is 0 Å². The minimum atomic E-state index is 0.685. The number of nitrogens with zero attached hydrogens (tertiary/aromatic N) is 2. The van der Waals surface area contributed by atoms with Gasteiger partial charge in [0.05, 0.1) is 11.4 Å². The highest BCUT2D eigenvalue weighted by molar-refractivity contribution is 5.08. The number of rotatable bonds is 3. The van der Waals surface area contributed by atoms with E-state index in [2.05, 4.69) is 30.3 Å². The van der Waals surface area contributed by atoms with Crippen molar-refractivity contribution < 1.29 is 0 Å². The SMILES string of the molecule is Cc1cc(CNC2CCC(C)C2C)n(C)n1. The van der Waals surface area contributed by atoms with Crippen molar-refractivity contribution in [2.45, 2.75) is 46.2 Å². The average Bonchev–Trinajstić information content (AvgIpc) is 2.70. The molecule has 1 aromatic rings. The Morgan fingerprint density at radius 3 is 2.69 bits per heavy atom. The fourth-order valence-electron chi connectivity index (χ4n) is 2.72. The molecular weight excluding hydrogens is 198 g/mol. The standard InChI is InChI=1S/C13H23N3/c1-9-5-6-13(11(9)3)14-8-12-7-10(2)15-16(12)4/h7,9,11,13-14H,5-6,8H2,1-4H3. The van der Waals surface area contributed by atoms with E-state index in [1.165, 1.54) is 18.5 Å². The van der Waals surface area contributed by atoms with Crippen molar-refractivity contribution in [1.29, 1.82) is 0 Å². The van der Waals surface area contributed by atoms with Crippen molar-refractivity contribution in [3.8, 4) is 0 Å². The maximum Gasteiger partial charge on any atom is 0.0597 e. The molecule has 1 fully saturated rings. The fraction of sp³-hybridized carbons (Fsp3) is 0.769. The van der Waals surface area contributed by atoms with Crippen molar-refractivity contribution in [3.05, 3.63) is 17.5 Å². The van der Waals surface area contributed by atoms with Crippen LogP contribution >= 0.6 is 0 Å². The second kappa shape index (κ2) is 4.58. The molecule has 0 amide bonds. The van der Waals surface area contributed by atoms with Gasteiger partial charge in [0.1, 0.15) is 0 Å². The van der Waals surface area contributed by atoms with Crippen LogP contribution in [0.2, 0.25) is 0 Å². The number of aryl methyl sites for hydroxylation is 2. The highest BCUT2D eigenvalue weighted by atomic mass is 15.3. The van der Waals surface area contributed by atoms with Gasteiger partial charge in [-0.3, -0.25) is 4.68 Å². The van der Waals surface area contributed by atoms with Crippen LogP contribution in [0, 0.1) is 18.8 Å². The molecule has 1 aliphatic carbocycles. The molecule has 1 aliphatic rings.